The molecular formula is C27H34N4O3. The molecule has 2 bridgehead atoms. The third-order valence-corrected chi connectivity index (χ3v) is 7.55. The van der Waals surface area contributed by atoms with E-state index in [0.717, 1.165) is 52.0 Å². The van der Waals surface area contributed by atoms with E-state index in [-0.39, 0.29) is 6.10 Å². The highest BCUT2D eigenvalue weighted by Gasteiger charge is 2.45. The van der Waals surface area contributed by atoms with Gasteiger partial charge in [0.1, 0.15) is 6.10 Å². The Hall–Kier alpha value is -2.77. The van der Waals surface area contributed by atoms with E-state index in [1.165, 1.54) is 6.42 Å². The number of esters is 1. The van der Waals surface area contributed by atoms with Crippen LogP contribution in [0.15, 0.2) is 64.9 Å². The normalized spacial score (nSPS) is 28.6. The number of carbonyl (C=O) groups is 1. The van der Waals surface area contributed by atoms with E-state index in [1.54, 1.807) is 36.4 Å². The molecule has 7 heteroatoms. The number of nitrogens with zero attached hydrogens (tertiary/aromatic N) is 4. The van der Waals surface area contributed by atoms with Gasteiger partial charge in [0.25, 0.3) is 0 Å². The Morgan fingerprint density at radius 2 is 1.68 bits per heavy atom. The minimum absolute atomic E-state index is 0.176. The predicted octanol–water partition coefficient (Wildman–Crippen LogP) is 4.29. The zero-order valence-corrected chi connectivity index (χ0v) is 19.8. The minimum atomic E-state index is -1.88. The zero-order valence-electron chi connectivity index (χ0n) is 19.8. The number of hydrogen-bond acceptors (Lipinski definition) is 6. The van der Waals surface area contributed by atoms with Crippen LogP contribution in [0.5, 0.6) is 0 Å². The Morgan fingerprint density at radius 1 is 0.971 bits per heavy atom. The first-order valence-electron chi connectivity index (χ1n) is 12.5. The van der Waals surface area contributed by atoms with Crippen LogP contribution in [0.2, 0.25) is 0 Å². The van der Waals surface area contributed by atoms with Gasteiger partial charge in [-0.3, -0.25) is 9.91 Å². The highest BCUT2D eigenvalue weighted by atomic mass is 16.6. The molecule has 4 aliphatic heterocycles. The van der Waals surface area contributed by atoms with Crippen LogP contribution in [0.3, 0.4) is 0 Å². The van der Waals surface area contributed by atoms with Crippen LogP contribution >= 0.6 is 0 Å². The summed E-state index contributed by atoms with van der Waals surface area (Å²) in [4.78, 5) is 15.9. The Balaban J connectivity index is 1.37. The first-order chi connectivity index (χ1) is 16.5. The first-order valence-corrected chi connectivity index (χ1v) is 12.5. The van der Waals surface area contributed by atoms with Crippen molar-refractivity contribution in [3.05, 3.63) is 65.7 Å². The highest BCUT2D eigenvalue weighted by Crippen LogP contribution is 2.36. The topological polar surface area (TPSA) is 77.7 Å². The smallest absolute Gasteiger partial charge is 0.348 e. The van der Waals surface area contributed by atoms with Gasteiger partial charge in [-0.25, -0.2) is 4.79 Å². The lowest BCUT2D eigenvalue weighted by atomic mass is 9.84. The molecule has 3 atom stereocenters. The van der Waals surface area contributed by atoms with Gasteiger partial charge >= 0.3 is 5.97 Å². The number of ether oxygens (including phenoxy) is 1. The maximum Gasteiger partial charge on any atom is 0.348 e. The summed E-state index contributed by atoms with van der Waals surface area (Å²) in [5.74, 6) is 0.376. The van der Waals surface area contributed by atoms with E-state index in [1.807, 2.05) is 23.2 Å². The van der Waals surface area contributed by atoms with Crippen LogP contribution in [0.4, 0.5) is 5.69 Å². The molecule has 0 radical (unpaired) electrons. The van der Waals surface area contributed by atoms with E-state index < -0.39 is 11.6 Å². The fourth-order valence-corrected chi connectivity index (χ4v) is 5.48. The molecule has 2 aromatic carbocycles. The molecule has 0 amide bonds. The van der Waals surface area contributed by atoms with Crippen LogP contribution in [0, 0.1) is 11.8 Å². The van der Waals surface area contributed by atoms with Crippen LogP contribution < -0.4 is 0 Å². The zero-order chi connectivity index (χ0) is 23.5. The van der Waals surface area contributed by atoms with Crippen molar-refractivity contribution in [1.82, 2.24) is 9.91 Å². The average Bonchev–Trinajstić information content (AvgIpc) is 2.88. The molecule has 0 saturated carbocycles. The number of rotatable bonds is 6. The Morgan fingerprint density at radius 3 is 2.32 bits per heavy atom. The van der Waals surface area contributed by atoms with E-state index in [0.29, 0.717) is 28.7 Å². The van der Waals surface area contributed by atoms with Gasteiger partial charge in [0, 0.05) is 19.6 Å². The molecule has 1 N–H and O–H groups in total. The van der Waals surface area contributed by atoms with Gasteiger partial charge in [-0.1, -0.05) is 54.6 Å². The van der Waals surface area contributed by atoms with Crippen molar-refractivity contribution in [2.75, 3.05) is 32.7 Å². The second-order valence-electron chi connectivity index (χ2n) is 10.1. The molecule has 0 aliphatic carbocycles. The quantitative estimate of drug-likeness (QED) is 0.512. The van der Waals surface area contributed by atoms with Crippen molar-refractivity contribution >= 4 is 11.7 Å². The monoisotopic (exact) mass is 462 g/mol. The SMILES string of the molecule is CC1CCCN(N=Nc2ccc([C@@](O)(C(=O)O[C@H]3CN4CCC3CC4)c3ccccc3)cc2)C1. The molecule has 7 nitrogen and oxygen atoms in total. The van der Waals surface area contributed by atoms with Crippen molar-refractivity contribution in [2.24, 2.45) is 22.2 Å². The number of aliphatic hydroxyl groups is 1. The minimum Gasteiger partial charge on any atom is -0.458 e. The van der Waals surface area contributed by atoms with Crippen LogP contribution in [-0.4, -0.2) is 59.8 Å². The molecule has 180 valence electrons. The lowest BCUT2D eigenvalue weighted by Crippen LogP contribution is -2.53. The van der Waals surface area contributed by atoms with Crippen LogP contribution in [0.1, 0.15) is 43.7 Å². The van der Waals surface area contributed by atoms with Crippen molar-refractivity contribution in [3.63, 3.8) is 0 Å². The lowest BCUT2D eigenvalue weighted by Gasteiger charge is -2.44. The molecule has 4 heterocycles. The van der Waals surface area contributed by atoms with Gasteiger partial charge in [-0.2, -0.15) is 0 Å². The fourth-order valence-electron chi connectivity index (χ4n) is 5.48. The Bertz CT molecular complexity index is 1000. The largest absolute Gasteiger partial charge is 0.458 e. The number of fused-ring (bicyclic) bond motifs is 3. The highest BCUT2D eigenvalue weighted by molar-refractivity contribution is 5.85. The van der Waals surface area contributed by atoms with Crippen molar-refractivity contribution in [2.45, 2.75) is 44.3 Å². The van der Waals surface area contributed by atoms with E-state index in [2.05, 4.69) is 22.2 Å². The summed E-state index contributed by atoms with van der Waals surface area (Å²) >= 11 is 0. The fraction of sp³-hybridized carbons (Fsp3) is 0.519. The summed E-state index contributed by atoms with van der Waals surface area (Å²) in [7, 11) is 0. The van der Waals surface area contributed by atoms with Gasteiger partial charge in [0.2, 0.25) is 5.60 Å². The molecule has 6 rings (SSSR count). The molecule has 2 aromatic rings. The summed E-state index contributed by atoms with van der Waals surface area (Å²) in [6, 6.07) is 16.1. The molecule has 4 saturated heterocycles. The molecular weight excluding hydrogens is 428 g/mol. The van der Waals surface area contributed by atoms with E-state index in [9.17, 15) is 9.90 Å². The van der Waals surface area contributed by atoms with Gasteiger partial charge in [-0.05, 0) is 73.9 Å². The Kier molecular flexibility index (Phi) is 6.66. The molecule has 34 heavy (non-hydrogen) atoms. The summed E-state index contributed by atoms with van der Waals surface area (Å²) in [5.41, 5.74) is -0.234. The maximum atomic E-state index is 13.5. The standard InChI is InChI=1S/C27H34N4O3/c1-20-6-5-15-31(18-20)29-28-24-11-9-23(10-12-24)27(33,22-7-3-2-4-8-22)26(32)34-25-19-30-16-13-21(25)14-17-30/h2-4,7-12,20-21,25,33H,5-6,13-19H2,1H3/t20?,25-,27+/m0/s1. The van der Waals surface area contributed by atoms with Gasteiger partial charge < -0.3 is 9.84 Å². The van der Waals surface area contributed by atoms with Crippen molar-refractivity contribution < 1.29 is 14.6 Å². The van der Waals surface area contributed by atoms with Gasteiger partial charge in [-0.15, -0.1) is 5.11 Å². The summed E-state index contributed by atoms with van der Waals surface area (Å²) < 4.78 is 5.99. The lowest BCUT2D eigenvalue weighted by molar-refractivity contribution is -0.177. The van der Waals surface area contributed by atoms with Crippen molar-refractivity contribution in [3.8, 4) is 0 Å². The second-order valence-corrected chi connectivity index (χ2v) is 10.1. The second kappa shape index (κ2) is 9.84. The molecule has 4 fully saturated rings. The van der Waals surface area contributed by atoms with Gasteiger partial charge in [0.05, 0.1) is 5.69 Å². The van der Waals surface area contributed by atoms with Crippen LogP contribution in [0.25, 0.3) is 0 Å². The number of benzene rings is 2. The molecule has 0 aromatic heterocycles. The maximum absolute atomic E-state index is 13.5. The molecule has 1 unspecified atom stereocenters. The third kappa shape index (κ3) is 4.72. The first kappa shape index (κ1) is 23.0. The molecule has 4 aliphatic rings. The van der Waals surface area contributed by atoms with Crippen molar-refractivity contribution in [1.29, 1.82) is 0 Å². The van der Waals surface area contributed by atoms with Crippen LogP contribution in [-0.2, 0) is 15.1 Å². The number of carbonyl (C=O) groups excluding carboxylic acids is 1. The van der Waals surface area contributed by atoms with E-state index >= 15 is 0 Å². The number of piperidine rings is 4. The summed E-state index contributed by atoms with van der Waals surface area (Å²) in [6.45, 7) is 6.94. The number of hydrogen-bond donors (Lipinski definition) is 1. The predicted molar refractivity (Wildman–Crippen MR) is 129 cm³/mol. The summed E-state index contributed by atoms with van der Waals surface area (Å²) in [5, 5.41) is 22.6. The van der Waals surface area contributed by atoms with Gasteiger partial charge in [0.15, 0.2) is 0 Å². The molecule has 0 spiro atoms. The third-order valence-electron chi connectivity index (χ3n) is 7.55. The average molecular weight is 463 g/mol. The van der Waals surface area contributed by atoms with E-state index in [4.69, 9.17) is 4.74 Å². The summed E-state index contributed by atoms with van der Waals surface area (Å²) in [6.07, 6.45) is 4.26. The Labute approximate surface area is 201 Å².